The topological polar surface area (TPSA) is 26.3 Å². The Labute approximate surface area is 80.7 Å². The summed E-state index contributed by atoms with van der Waals surface area (Å²) in [5.41, 5.74) is 0. The fourth-order valence-electron chi connectivity index (χ4n) is 0.560. The van der Waals surface area contributed by atoms with Crippen molar-refractivity contribution in [2.24, 2.45) is 0 Å². The lowest BCUT2D eigenvalue weighted by molar-refractivity contribution is -0.188. The monoisotopic (exact) mass is 236 g/mol. The molecule has 2 nitrogen and oxygen atoms in total. The highest BCUT2D eigenvalue weighted by atomic mass is 32.3. The predicted octanol–water partition coefficient (Wildman–Crippen LogP) is 2.39. The van der Waals surface area contributed by atoms with Gasteiger partial charge in [0.25, 0.3) is 0 Å². The Morgan fingerprint density at radius 2 is 1.92 bits per heavy atom. The van der Waals surface area contributed by atoms with E-state index in [-0.39, 0.29) is 0 Å². The molecule has 80 valence electrons. The number of carbonyl (C=O) groups excluding carboxylic acids is 1. The van der Waals surface area contributed by atoms with Gasteiger partial charge in [0.15, 0.2) is 0 Å². The van der Waals surface area contributed by atoms with Crippen LogP contribution in [0.2, 0.25) is 0 Å². The number of carbonyl (C=O) groups is 1. The van der Waals surface area contributed by atoms with Gasteiger partial charge in [0.1, 0.15) is 0 Å². The van der Waals surface area contributed by atoms with E-state index in [1.54, 1.807) is 6.26 Å². The van der Waals surface area contributed by atoms with Gasteiger partial charge in [-0.15, -0.1) is 0 Å². The van der Waals surface area contributed by atoms with Crippen LogP contribution in [-0.4, -0.2) is 36.0 Å². The van der Waals surface area contributed by atoms with Gasteiger partial charge in [-0.05, 0) is 18.8 Å². The fourth-order valence-corrected chi connectivity index (χ4v) is 3.53. The predicted molar refractivity (Wildman–Crippen MR) is 50.0 cm³/mol. The first-order chi connectivity index (χ1) is 5.69. The summed E-state index contributed by atoms with van der Waals surface area (Å²) >= 11 is 1.35. The van der Waals surface area contributed by atoms with E-state index < -0.39 is 22.5 Å². The van der Waals surface area contributed by atoms with E-state index in [1.165, 1.54) is 24.3 Å². The van der Waals surface area contributed by atoms with E-state index in [2.05, 4.69) is 4.18 Å². The molecule has 0 radical (unpaired) electrons. The highest BCUT2D eigenvalue weighted by molar-refractivity contribution is 8.35. The van der Waals surface area contributed by atoms with E-state index in [4.69, 9.17) is 0 Å². The SMILES string of the molecule is CSCS(C)(C)OC(=O)C(F)(F)F. The maximum absolute atomic E-state index is 11.8. The average molecular weight is 236 g/mol. The summed E-state index contributed by atoms with van der Waals surface area (Å²) in [5, 5.41) is 0.412. The molecule has 13 heavy (non-hydrogen) atoms. The third-order valence-corrected chi connectivity index (χ3v) is 4.75. The summed E-state index contributed by atoms with van der Waals surface area (Å²) in [7, 11) is -1.92. The van der Waals surface area contributed by atoms with Gasteiger partial charge in [-0.25, -0.2) is 4.79 Å². The third kappa shape index (κ3) is 5.30. The van der Waals surface area contributed by atoms with Crippen LogP contribution in [-0.2, 0) is 8.98 Å². The van der Waals surface area contributed by atoms with Crippen molar-refractivity contribution in [1.82, 2.24) is 0 Å². The second kappa shape index (κ2) is 4.45. The smallest absolute Gasteiger partial charge is 0.408 e. The molecule has 0 saturated heterocycles. The molecular weight excluding hydrogens is 225 g/mol. The normalized spacial score (nSPS) is 14.0. The van der Waals surface area contributed by atoms with Crippen LogP contribution in [0, 0.1) is 0 Å². The third-order valence-electron chi connectivity index (χ3n) is 0.934. The van der Waals surface area contributed by atoms with Crippen molar-refractivity contribution in [2.75, 3.05) is 23.9 Å². The average Bonchev–Trinajstić information content (AvgIpc) is 1.83. The largest absolute Gasteiger partial charge is 0.491 e. The van der Waals surface area contributed by atoms with Crippen LogP contribution in [0.15, 0.2) is 0 Å². The molecule has 0 aromatic carbocycles. The maximum Gasteiger partial charge on any atom is 0.491 e. The number of hydrogen-bond donors (Lipinski definition) is 0. The Kier molecular flexibility index (Phi) is 4.44. The molecule has 0 rings (SSSR count). The summed E-state index contributed by atoms with van der Waals surface area (Å²) in [5.74, 6) is -2.10. The zero-order chi connectivity index (χ0) is 10.7. The van der Waals surface area contributed by atoms with Crippen LogP contribution >= 0.6 is 22.1 Å². The molecule has 0 aliphatic carbocycles. The first-order valence-corrected chi connectivity index (χ1v) is 7.13. The number of halogens is 3. The van der Waals surface area contributed by atoms with E-state index in [0.29, 0.717) is 5.08 Å². The lowest BCUT2D eigenvalue weighted by Crippen LogP contribution is -2.26. The number of thioether (sulfide) groups is 1. The number of alkyl halides is 3. The second-order valence-corrected chi connectivity index (χ2v) is 7.27. The zero-order valence-corrected chi connectivity index (χ0v) is 9.11. The lowest BCUT2D eigenvalue weighted by Gasteiger charge is -2.29. The molecule has 0 bridgehead atoms. The highest BCUT2D eigenvalue weighted by Gasteiger charge is 2.43. The zero-order valence-electron chi connectivity index (χ0n) is 7.47. The molecular formula is C6H11F3O2S2. The summed E-state index contributed by atoms with van der Waals surface area (Å²) < 4.78 is 39.6. The molecule has 0 aliphatic heterocycles. The van der Waals surface area contributed by atoms with Crippen molar-refractivity contribution in [1.29, 1.82) is 0 Å². The summed E-state index contributed by atoms with van der Waals surface area (Å²) in [6, 6.07) is 0. The van der Waals surface area contributed by atoms with Crippen LogP contribution < -0.4 is 0 Å². The number of hydrogen-bond acceptors (Lipinski definition) is 3. The minimum absolute atomic E-state index is 0.412. The van der Waals surface area contributed by atoms with E-state index in [0.717, 1.165) is 0 Å². The molecule has 0 atom stereocenters. The highest BCUT2D eigenvalue weighted by Crippen LogP contribution is 2.45. The number of rotatable bonds is 3. The van der Waals surface area contributed by atoms with Crippen LogP contribution in [0.1, 0.15) is 0 Å². The van der Waals surface area contributed by atoms with Crippen molar-refractivity contribution in [3.8, 4) is 0 Å². The minimum atomic E-state index is -4.89. The molecule has 0 amide bonds. The second-order valence-electron chi connectivity index (χ2n) is 2.71. The van der Waals surface area contributed by atoms with Gasteiger partial charge < -0.3 is 4.18 Å². The van der Waals surface area contributed by atoms with Crippen LogP contribution in [0.5, 0.6) is 0 Å². The van der Waals surface area contributed by atoms with Gasteiger partial charge in [-0.2, -0.15) is 24.9 Å². The van der Waals surface area contributed by atoms with Gasteiger partial charge in [-0.3, -0.25) is 0 Å². The molecule has 0 N–H and O–H groups in total. The first-order valence-electron chi connectivity index (χ1n) is 3.19. The molecule has 0 aliphatic rings. The van der Waals surface area contributed by atoms with Crippen molar-refractivity contribution in [2.45, 2.75) is 6.18 Å². The molecule has 0 heterocycles. The molecule has 0 aromatic rings. The standard InChI is InChI=1S/C6H11F3O2S2/c1-12-4-13(2,3)11-5(10)6(7,8)9/h4H2,1-3H3. The Bertz CT molecular complexity index is 191. The quantitative estimate of drug-likeness (QED) is 0.752. The van der Waals surface area contributed by atoms with E-state index in [9.17, 15) is 18.0 Å². The van der Waals surface area contributed by atoms with Crippen LogP contribution in [0.3, 0.4) is 0 Å². The van der Waals surface area contributed by atoms with Gasteiger partial charge in [0.2, 0.25) is 0 Å². The van der Waals surface area contributed by atoms with Gasteiger partial charge >= 0.3 is 12.1 Å². The molecule has 0 aromatic heterocycles. The Morgan fingerprint density at radius 1 is 1.46 bits per heavy atom. The summed E-state index contributed by atoms with van der Waals surface area (Å²) in [6.45, 7) is 0. The van der Waals surface area contributed by atoms with Crippen molar-refractivity contribution in [3.63, 3.8) is 0 Å². The minimum Gasteiger partial charge on any atom is -0.408 e. The van der Waals surface area contributed by atoms with Crippen molar-refractivity contribution in [3.05, 3.63) is 0 Å². The maximum atomic E-state index is 11.8. The lowest BCUT2D eigenvalue weighted by atomic mass is 10.7. The fraction of sp³-hybridized carbons (Fsp3) is 0.833. The molecule has 7 heteroatoms. The van der Waals surface area contributed by atoms with Gasteiger partial charge in [0, 0.05) is 0 Å². The Hall–Kier alpha value is -0.0400. The molecule has 0 spiro atoms. The van der Waals surface area contributed by atoms with E-state index in [1.807, 2.05) is 0 Å². The Balaban J connectivity index is 4.20. The van der Waals surface area contributed by atoms with Crippen LogP contribution in [0.25, 0.3) is 0 Å². The van der Waals surface area contributed by atoms with Crippen molar-refractivity contribution < 1.29 is 22.1 Å². The van der Waals surface area contributed by atoms with Gasteiger partial charge in [-0.1, -0.05) is 10.3 Å². The van der Waals surface area contributed by atoms with Crippen LogP contribution in [0.4, 0.5) is 13.2 Å². The van der Waals surface area contributed by atoms with E-state index >= 15 is 0 Å². The summed E-state index contributed by atoms with van der Waals surface area (Å²) in [6.07, 6.45) is -0.0981. The molecule has 0 saturated carbocycles. The summed E-state index contributed by atoms with van der Waals surface area (Å²) in [4.78, 5) is 10.4. The first kappa shape index (κ1) is 13.0. The molecule has 0 fully saturated rings. The van der Waals surface area contributed by atoms with Gasteiger partial charge in [0.05, 0.1) is 5.08 Å². The molecule has 0 unspecified atom stereocenters. The van der Waals surface area contributed by atoms with Crippen molar-refractivity contribution >= 4 is 28.0 Å². The Morgan fingerprint density at radius 3 is 2.23 bits per heavy atom.